The molecule has 1 aliphatic heterocycles. The van der Waals surface area contributed by atoms with Crippen LogP contribution in [0.4, 0.5) is 15.8 Å². The van der Waals surface area contributed by atoms with Crippen LogP contribution in [0.2, 0.25) is 0 Å². The molecule has 156 valence electrons. The monoisotopic (exact) mass is 412 g/mol. The average molecular weight is 412 g/mol. The minimum Gasteiger partial charge on any atom is -0.408 e. The molecule has 2 atom stereocenters. The molecule has 2 heterocycles. The van der Waals surface area contributed by atoms with Gasteiger partial charge in [-0.25, -0.2) is 9.18 Å². The summed E-state index contributed by atoms with van der Waals surface area (Å²) in [6.07, 6.45) is 0. The summed E-state index contributed by atoms with van der Waals surface area (Å²) in [6.45, 7) is 4.79. The van der Waals surface area contributed by atoms with Crippen molar-refractivity contribution in [3.63, 3.8) is 0 Å². The molecule has 0 radical (unpaired) electrons. The summed E-state index contributed by atoms with van der Waals surface area (Å²) in [4.78, 5) is 42.8. The fourth-order valence-corrected chi connectivity index (χ4v) is 3.91. The Bertz CT molecular complexity index is 1140. The second-order valence-corrected chi connectivity index (χ2v) is 7.47. The van der Waals surface area contributed by atoms with Gasteiger partial charge in [-0.05, 0) is 50.2 Å². The van der Waals surface area contributed by atoms with Crippen molar-refractivity contribution in [1.29, 1.82) is 0 Å². The van der Waals surface area contributed by atoms with Crippen molar-refractivity contribution in [2.24, 2.45) is 0 Å². The molecule has 4 rings (SSSR count). The summed E-state index contributed by atoms with van der Waals surface area (Å²) >= 11 is 0. The summed E-state index contributed by atoms with van der Waals surface area (Å²) in [7, 11) is 0. The lowest BCUT2D eigenvalue weighted by molar-refractivity contribution is -0.146. The van der Waals surface area contributed by atoms with Gasteiger partial charge in [-0.2, -0.15) is 0 Å². The summed E-state index contributed by atoms with van der Waals surface area (Å²) < 4.78 is 18.2. The van der Waals surface area contributed by atoms with Crippen LogP contribution in [0, 0.1) is 5.82 Å². The number of nitrogens with one attached hydrogen (secondary N) is 2. The van der Waals surface area contributed by atoms with Crippen LogP contribution in [0.5, 0.6) is 0 Å². The molecule has 9 heteroatoms. The van der Waals surface area contributed by atoms with Gasteiger partial charge in [-0.3, -0.25) is 14.6 Å². The van der Waals surface area contributed by atoms with Crippen LogP contribution in [-0.2, 0) is 9.59 Å². The van der Waals surface area contributed by atoms with E-state index in [0.717, 1.165) is 5.69 Å². The lowest BCUT2D eigenvalue weighted by Gasteiger charge is -2.45. The van der Waals surface area contributed by atoms with Crippen LogP contribution in [-0.4, -0.2) is 46.9 Å². The van der Waals surface area contributed by atoms with Crippen molar-refractivity contribution in [3.8, 4) is 0 Å². The molecular weight excluding hydrogens is 391 g/mol. The molecule has 1 fully saturated rings. The van der Waals surface area contributed by atoms with Gasteiger partial charge in [0.05, 0.1) is 5.52 Å². The van der Waals surface area contributed by atoms with Crippen LogP contribution in [0.1, 0.15) is 13.8 Å². The summed E-state index contributed by atoms with van der Waals surface area (Å²) in [5.74, 6) is -2.29. The Kier molecular flexibility index (Phi) is 5.03. The largest absolute Gasteiger partial charge is 0.417 e. The first-order chi connectivity index (χ1) is 14.3. The van der Waals surface area contributed by atoms with E-state index < -0.39 is 17.6 Å². The normalized spacial score (nSPS) is 19.2. The van der Waals surface area contributed by atoms with Crippen LogP contribution >= 0.6 is 0 Å². The molecule has 1 aliphatic rings. The predicted molar refractivity (Wildman–Crippen MR) is 110 cm³/mol. The first-order valence-corrected chi connectivity index (χ1v) is 9.59. The number of anilines is 2. The maximum Gasteiger partial charge on any atom is 0.417 e. The summed E-state index contributed by atoms with van der Waals surface area (Å²) in [6, 6.07) is 10.4. The van der Waals surface area contributed by atoms with Gasteiger partial charge in [-0.1, -0.05) is 0 Å². The summed E-state index contributed by atoms with van der Waals surface area (Å²) in [5.41, 5.74) is 2.02. The minimum atomic E-state index is -0.763. The van der Waals surface area contributed by atoms with Crippen LogP contribution in [0.25, 0.3) is 11.1 Å². The van der Waals surface area contributed by atoms with E-state index in [4.69, 9.17) is 4.42 Å². The molecule has 1 aromatic heterocycles. The van der Waals surface area contributed by atoms with Gasteiger partial charge < -0.3 is 19.5 Å². The molecule has 2 amide bonds. The van der Waals surface area contributed by atoms with Crippen molar-refractivity contribution in [1.82, 2.24) is 9.88 Å². The highest BCUT2D eigenvalue weighted by atomic mass is 19.1. The SMILES string of the molecule is C[C@@H]1CN(c2ccc(F)cc2)C[C@H](C)N1C(=O)C(=O)Nc1ccc2[nH]c(=O)oc2c1. The Morgan fingerprint density at radius 2 is 1.77 bits per heavy atom. The molecule has 2 N–H and O–H groups in total. The molecule has 0 aliphatic carbocycles. The maximum atomic E-state index is 13.2. The molecule has 0 unspecified atom stereocenters. The number of hydrogen-bond donors (Lipinski definition) is 2. The van der Waals surface area contributed by atoms with Crippen LogP contribution < -0.4 is 16.0 Å². The highest BCUT2D eigenvalue weighted by Crippen LogP contribution is 2.23. The van der Waals surface area contributed by atoms with Gasteiger partial charge in [0.2, 0.25) is 0 Å². The smallest absolute Gasteiger partial charge is 0.408 e. The number of rotatable bonds is 2. The number of aromatic amines is 1. The number of fused-ring (bicyclic) bond motifs is 1. The van der Waals surface area contributed by atoms with Gasteiger partial charge in [0, 0.05) is 42.6 Å². The van der Waals surface area contributed by atoms with Crippen molar-refractivity contribution in [3.05, 3.63) is 58.8 Å². The first-order valence-electron chi connectivity index (χ1n) is 9.59. The van der Waals surface area contributed by atoms with E-state index >= 15 is 0 Å². The van der Waals surface area contributed by atoms with Crippen molar-refractivity contribution >= 4 is 34.3 Å². The minimum absolute atomic E-state index is 0.220. The average Bonchev–Trinajstić information content (AvgIpc) is 3.07. The lowest BCUT2D eigenvalue weighted by atomic mass is 10.1. The third-order valence-electron chi connectivity index (χ3n) is 5.22. The Morgan fingerprint density at radius 3 is 2.43 bits per heavy atom. The highest BCUT2D eigenvalue weighted by molar-refractivity contribution is 6.39. The quantitative estimate of drug-likeness (QED) is 0.630. The highest BCUT2D eigenvalue weighted by Gasteiger charge is 2.36. The zero-order chi connectivity index (χ0) is 21.4. The Balaban J connectivity index is 1.45. The molecule has 8 nitrogen and oxygen atoms in total. The number of amides is 2. The van der Waals surface area contributed by atoms with Gasteiger partial charge in [0.15, 0.2) is 5.58 Å². The second kappa shape index (κ2) is 7.66. The molecule has 0 bridgehead atoms. The predicted octanol–water partition coefficient (Wildman–Crippen LogP) is 2.32. The van der Waals surface area contributed by atoms with Gasteiger partial charge in [0.25, 0.3) is 0 Å². The number of aromatic nitrogens is 1. The van der Waals surface area contributed by atoms with E-state index in [0.29, 0.717) is 29.9 Å². The molecule has 2 aromatic carbocycles. The molecule has 0 spiro atoms. The van der Waals surface area contributed by atoms with E-state index in [1.807, 2.05) is 13.8 Å². The third-order valence-corrected chi connectivity index (χ3v) is 5.22. The zero-order valence-corrected chi connectivity index (χ0v) is 16.5. The van der Waals surface area contributed by atoms with Gasteiger partial charge in [0.1, 0.15) is 5.82 Å². The molecule has 1 saturated heterocycles. The van der Waals surface area contributed by atoms with E-state index in [2.05, 4.69) is 15.2 Å². The number of oxazole rings is 1. The number of H-pyrrole nitrogens is 1. The fraction of sp³-hybridized carbons (Fsp3) is 0.286. The Hall–Kier alpha value is -3.62. The number of piperazine rings is 1. The van der Waals surface area contributed by atoms with E-state index in [-0.39, 0.29) is 17.9 Å². The Morgan fingerprint density at radius 1 is 1.10 bits per heavy atom. The van der Waals surface area contributed by atoms with Gasteiger partial charge in [-0.15, -0.1) is 0 Å². The Labute approximate surface area is 171 Å². The van der Waals surface area contributed by atoms with Crippen molar-refractivity contribution in [2.45, 2.75) is 25.9 Å². The van der Waals surface area contributed by atoms with Crippen LogP contribution in [0.3, 0.4) is 0 Å². The van der Waals surface area contributed by atoms with Crippen molar-refractivity contribution in [2.75, 3.05) is 23.3 Å². The summed E-state index contributed by atoms with van der Waals surface area (Å²) in [5, 5.41) is 2.57. The van der Waals surface area contributed by atoms with Gasteiger partial charge >= 0.3 is 17.6 Å². The molecule has 0 saturated carbocycles. The number of hydrogen-bond acceptors (Lipinski definition) is 5. The topological polar surface area (TPSA) is 98.6 Å². The zero-order valence-electron chi connectivity index (χ0n) is 16.5. The molecule has 30 heavy (non-hydrogen) atoms. The molecular formula is C21H21FN4O4. The number of nitrogens with zero attached hydrogens (tertiary/aromatic N) is 2. The second-order valence-electron chi connectivity index (χ2n) is 7.47. The fourth-order valence-electron chi connectivity index (χ4n) is 3.91. The maximum absolute atomic E-state index is 13.2. The molecule has 3 aromatic rings. The number of benzene rings is 2. The number of halogens is 1. The van der Waals surface area contributed by atoms with E-state index in [1.165, 1.54) is 18.2 Å². The van der Waals surface area contributed by atoms with E-state index in [9.17, 15) is 18.8 Å². The van der Waals surface area contributed by atoms with Crippen molar-refractivity contribution < 1.29 is 18.4 Å². The number of carbonyl (C=O) groups is 2. The standard InChI is InChI=1S/C21H21FN4O4/c1-12-10-25(16-6-3-14(22)4-7-16)11-13(2)26(12)20(28)19(27)23-15-5-8-17-18(9-15)30-21(29)24-17/h3-9,12-13H,10-11H2,1-2H3,(H,23,27)(H,24,29)/t12-,13+. The van der Waals surface area contributed by atoms with Crippen LogP contribution in [0.15, 0.2) is 51.7 Å². The number of carbonyl (C=O) groups excluding carboxylic acids is 2. The lowest BCUT2D eigenvalue weighted by Crippen LogP contribution is -2.60. The third kappa shape index (κ3) is 3.78. The first kappa shape index (κ1) is 19.7. The van der Waals surface area contributed by atoms with E-state index in [1.54, 1.807) is 29.2 Å².